The number of likely N-dealkylation sites (tertiary alicyclic amines) is 1. The van der Waals surface area contributed by atoms with E-state index in [2.05, 4.69) is 34.4 Å². The van der Waals surface area contributed by atoms with E-state index in [1.165, 1.54) is 30.4 Å². The van der Waals surface area contributed by atoms with Crippen molar-refractivity contribution in [2.45, 2.75) is 39.2 Å². The minimum Gasteiger partial charge on any atom is -0.459 e. The minimum atomic E-state index is -0.352. The Hall–Kier alpha value is -2.19. The number of furan rings is 1. The molecule has 1 aliphatic rings. The molecule has 7 nitrogen and oxygen atoms in total. The molecule has 0 saturated carbocycles. The molecular weight excluding hydrogens is 364 g/mol. The molecule has 3 heterocycles. The van der Waals surface area contributed by atoms with Crippen molar-refractivity contribution < 1.29 is 14.0 Å². The molecule has 27 heavy (non-hydrogen) atoms. The summed E-state index contributed by atoms with van der Waals surface area (Å²) in [6, 6.07) is 3.56. The normalized spacial score (nSPS) is 18.8. The lowest BCUT2D eigenvalue weighted by Crippen LogP contribution is -2.46. The van der Waals surface area contributed by atoms with Crippen LogP contribution in [0.3, 0.4) is 0 Å². The quantitative estimate of drug-likeness (QED) is 0.759. The van der Waals surface area contributed by atoms with Crippen LogP contribution in [0.5, 0.6) is 0 Å². The fourth-order valence-electron chi connectivity index (χ4n) is 3.26. The average molecular weight is 391 g/mol. The Bertz CT molecular complexity index is 759. The first-order chi connectivity index (χ1) is 13.0. The number of thiazole rings is 1. The number of anilines is 1. The highest BCUT2D eigenvalue weighted by atomic mass is 32.1. The molecule has 1 saturated heterocycles. The van der Waals surface area contributed by atoms with Crippen LogP contribution in [0.25, 0.3) is 0 Å². The molecular formula is C19H26N4O3S. The van der Waals surface area contributed by atoms with Crippen LogP contribution in [0.1, 0.15) is 42.9 Å². The molecule has 2 amide bonds. The van der Waals surface area contributed by atoms with E-state index in [0.717, 1.165) is 19.0 Å². The third-order valence-corrected chi connectivity index (χ3v) is 5.57. The molecule has 0 radical (unpaired) electrons. The topological polar surface area (TPSA) is 87.5 Å². The predicted octanol–water partition coefficient (Wildman–Crippen LogP) is 2.77. The maximum Gasteiger partial charge on any atom is 0.293 e. The second kappa shape index (κ2) is 9.14. The van der Waals surface area contributed by atoms with E-state index in [-0.39, 0.29) is 24.0 Å². The van der Waals surface area contributed by atoms with Crippen molar-refractivity contribution in [3.8, 4) is 0 Å². The van der Waals surface area contributed by atoms with Crippen molar-refractivity contribution in [3.05, 3.63) is 35.2 Å². The summed E-state index contributed by atoms with van der Waals surface area (Å²) in [5, 5.41) is 7.91. The van der Waals surface area contributed by atoms with Crippen LogP contribution in [-0.2, 0) is 11.2 Å². The number of amides is 2. The molecule has 8 heteroatoms. The fourth-order valence-corrected chi connectivity index (χ4v) is 3.96. The molecule has 146 valence electrons. The number of aromatic nitrogens is 1. The molecule has 2 N–H and O–H groups in total. The Kier molecular flexibility index (Phi) is 6.63. The van der Waals surface area contributed by atoms with Gasteiger partial charge < -0.3 is 9.73 Å². The van der Waals surface area contributed by atoms with Gasteiger partial charge in [-0.25, -0.2) is 4.98 Å². The zero-order chi connectivity index (χ0) is 19.2. The van der Waals surface area contributed by atoms with E-state index in [1.54, 1.807) is 17.5 Å². The van der Waals surface area contributed by atoms with Crippen molar-refractivity contribution in [2.24, 2.45) is 5.92 Å². The van der Waals surface area contributed by atoms with Gasteiger partial charge in [-0.15, -0.1) is 11.3 Å². The maximum atomic E-state index is 12.2. The smallest absolute Gasteiger partial charge is 0.293 e. The first-order valence-corrected chi connectivity index (χ1v) is 10.2. The second-order valence-electron chi connectivity index (χ2n) is 7.15. The van der Waals surface area contributed by atoms with E-state index in [0.29, 0.717) is 23.4 Å². The number of piperidine rings is 1. The molecule has 2 atom stereocenters. The van der Waals surface area contributed by atoms with Gasteiger partial charge in [-0.2, -0.15) is 0 Å². The molecule has 2 aromatic rings. The monoisotopic (exact) mass is 390 g/mol. The van der Waals surface area contributed by atoms with E-state index in [9.17, 15) is 9.59 Å². The molecule has 0 aromatic carbocycles. The first kappa shape index (κ1) is 19.6. The Balaban J connectivity index is 1.43. The van der Waals surface area contributed by atoms with Crippen LogP contribution >= 0.6 is 11.3 Å². The van der Waals surface area contributed by atoms with Gasteiger partial charge in [0.25, 0.3) is 5.91 Å². The standard InChI is InChI=1S/C19H26N4O3S/c1-13-5-3-7-23(11-13)14(2)10-20-17(24)9-15-12-27-19(21-15)22-18(25)16-6-4-8-26-16/h4,6,8,12-14H,3,5,7,9-11H2,1-2H3,(H,20,24)(H,21,22,25). The predicted molar refractivity (Wildman–Crippen MR) is 105 cm³/mol. The number of rotatable bonds is 7. The Labute approximate surface area is 163 Å². The number of hydrogen-bond acceptors (Lipinski definition) is 6. The lowest BCUT2D eigenvalue weighted by atomic mass is 9.99. The molecule has 2 unspecified atom stereocenters. The van der Waals surface area contributed by atoms with Crippen LogP contribution in [0, 0.1) is 5.92 Å². The fraction of sp³-hybridized carbons (Fsp3) is 0.526. The molecule has 2 aromatic heterocycles. The summed E-state index contributed by atoms with van der Waals surface area (Å²) in [5.74, 6) is 0.545. The SMILES string of the molecule is CC1CCCN(C(C)CNC(=O)Cc2csc(NC(=O)c3ccco3)n2)C1. The lowest BCUT2D eigenvalue weighted by molar-refractivity contribution is -0.120. The Morgan fingerprint density at radius 3 is 3.07 bits per heavy atom. The van der Waals surface area contributed by atoms with Gasteiger partial charge in [-0.3, -0.25) is 19.8 Å². The molecule has 0 aliphatic carbocycles. The molecule has 0 spiro atoms. The van der Waals surface area contributed by atoms with E-state index >= 15 is 0 Å². The molecule has 1 fully saturated rings. The summed E-state index contributed by atoms with van der Waals surface area (Å²) < 4.78 is 5.05. The van der Waals surface area contributed by atoms with Crippen molar-refractivity contribution in [1.82, 2.24) is 15.2 Å². The Morgan fingerprint density at radius 1 is 1.48 bits per heavy atom. The van der Waals surface area contributed by atoms with E-state index < -0.39 is 0 Å². The van der Waals surface area contributed by atoms with Gasteiger partial charge in [-0.1, -0.05) is 6.92 Å². The summed E-state index contributed by atoms with van der Waals surface area (Å²) in [7, 11) is 0. The number of carbonyl (C=O) groups is 2. The van der Waals surface area contributed by atoms with Crippen LogP contribution in [0.4, 0.5) is 5.13 Å². The van der Waals surface area contributed by atoms with Crippen molar-refractivity contribution >= 4 is 28.3 Å². The summed E-state index contributed by atoms with van der Waals surface area (Å²) in [6.07, 6.45) is 4.16. The first-order valence-electron chi connectivity index (χ1n) is 9.31. The van der Waals surface area contributed by atoms with Crippen LogP contribution in [0.2, 0.25) is 0 Å². The van der Waals surface area contributed by atoms with Gasteiger partial charge in [0.1, 0.15) is 0 Å². The molecule has 0 bridgehead atoms. The highest BCUT2D eigenvalue weighted by Gasteiger charge is 2.21. The van der Waals surface area contributed by atoms with Crippen molar-refractivity contribution in [3.63, 3.8) is 0 Å². The summed E-state index contributed by atoms with van der Waals surface area (Å²) in [6.45, 7) is 7.28. The molecule has 1 aliphatic heterocycles. The molecule has 3 rings (SSSR count). The summed E-state index contributed by atoms with van der Waals surface area (Å²) >= 11 is 1.29. The minimum absolute atomic E-state index is 0.0545. The highest BCUT2D eigenvalue weighted by Crippen LogP contribution is 2.18. The number of hydrogen-bond donors (Lipinski definition) is 2. The number of nitrogens with zero attached hydrogens (tertiary/aromatic N) is 2. The zero-order valence-corrected chi connectivity index (χ0v) is 16.6. The highest BCUT2D eigenvalue weighted by molar-refractivity contribution is 7.14. The zero-order valence-electron chi connectivity index (χ0n) is 15.7. The lowest BCUT2D eigenvalue weighted by Gasteiger charge is -2.35. The number of carbonyl (C=O) groups excluding carboxylic acids is 2. The maximum absolute atomic E-state index is 12.2. The van der Waals surface area contributed by atoms with Crippen LogP contribution in [0.15, 0.2) is 28.2 Å². The van der Waals surface area contributed by atoms with Gasteiger partial charge in [0, 0.05) is 24.5 Å². The average Bonchev–Trinajstić information content (AvgIpc) is 3.32. The van der Waals surface area contributed by atoms with Gasteiger partial charge in [0.05, 0.1) is 18.4 Å². The number of nitrogens with one attached hydrogen (secondary N) is 2. The van der Waals surface area contributed by atoms with Gasteiger partial charge >= 0.3 is 0 Å². The second-order valence-corrected chi connectivity index (χ2v) is 8.01. The summed E-state index contributed by atoms with van der Waals surface area (Å²) in [5.41, 5.74) is 0.645. The third-order valence-electron chi connectivity index (χ3n) is 4.77. The van der Waals surface area contributed by atoms with E-state index in [4.69, 9.17) is 4.42 Å². The van der Waals surface area contributed by atoms with Crippen LogP contribution < -0.4 is 10.6 Å². The van der Waals surface area contributed by atoms with Gasteiger partial charge in [0.2, 0.25) is 5.91 Å². The largest absolute Gasteiger partial charge is 0.459 e. The van der Waals surface area contributed by atoms with E-state index in [1.807, 2.05) is 0 Å². The Morgan fingerprint density at radius 2 is 2.33 bits per heavy atom. The van der Waals surface area contributed by atoms with Crippen molar-refractivity contribution in [2.75, 3.05) is 25.0 Å². The van der Waals surface area contributed by atoms with Crippen LogP contribution in [-0.4, -0.2) is 47.4 Å². The van der Waals surface area contributed by atoms with Gasteiger partial charge in [0.15, 0.2) is 10.9 Å². The van der Waals surface area contributed by atoms with Crippen molar-refractivity contribution in [1.29, 1.82) is 0 Å². The van der Waals surface area contributed by atoms with Gasteiger partial charge in [-0.05, 0) is 44.4 Å². The third kappa shape index (κ3) is 5.64. The summed E-state index contributed by atoms with van der Waals surface area (Å²) in [4.78, 5) is 30.9.